The fourth-order valence-corrected chi connectivity index (χ4v) is 1.19. The van der Waals surface area contributed by atoms with Crippen molar-refractivity contribution in [2.24, 2.45) is 5.73 Å². The molecule has 4 N–H and O–H groups in total. The van der Waals surface area contributed by atoms with Crippen LogP contribution >= 0.6 is 0 Å². The number of amides is 2. The van der Waals surface area contributed by atoms with Crippen molar-refractivity contribution in [1.29, 1.82) is 0 Å². The average Bonchev–Trinajstić information content (AvgIpc) is 2.31. The number of benzene rings is 1. The lowest BCUT2D eigenvalue weighted by Crippen LogP contribution is -2.22. The number of nitrogens with two attached hydrogens (primary N) is 1. The first-order valence-corrected chi connectivity index (χ1v) is 4.95. The summed E-state index contributed by atoms with van der Waals surface area (Å²) in [6, 6.07) is 7.07. The third-order valence-corrected chi connectivity index (χ3v) is 2.07. The van der Waals surface area contributed by atoms with Crippen molar-refractivity contribution >= 4 is 17.5 Å². The zero-order chi connectivity index (χ0) is 12.0. The molecule has 0 heterocycles. The molecule has 1 aromatic rings. The molecule has 86 valence electrons. The van der Waals surface area contributed by atoms with Gasteiger partial charge in [-0.1, -0.05) is 12.1 Å². The number of nitrogens with one attached hydrogen (secondary N) is 2. The van der Waals surface area contributed by atoms with Gasteiger partial charge in [0.25, 0.3) is 0 Å². The molecule has 0 saturated heterocycles. The quantitative estimate of drug-likeness (QED) is 0.662. The van der Waals surface area contributed by atoms with E-state index < -0.39 is 0 Å². The van der Waals surface area contributed by atoms with E-state index in [1.54, 1.807) is 31.3 Å². The molecule has 0 bridgehead atoms. The Morgan fingerprint density at radius 1 is 1.19 bits per heavy atom. The van der Waals surface area contributed by atoms with Crippen molar-refractivity contribution < 1.29 is 9.59 Å². The standard InChI is InChI=1S/C11H15N3O2/c1-13-10(15)6-8-2-4-9(5-3-8)14-11(16)7-12/h2-5H,6-7,12H2,1H3,(H,13,15)(H,14,16). The van der Waals surface area contributed by atoms with Gasteiger partial charge in [-0.2, -0.15) is 0 Å². The van der Waals surface area contributed by atoms with Gasteiger partial charge in [0.1, 0.15) is 0 Å². The minimum Gasteiger partial charge on any atom is -0.359 e. The van der Waals surface area contributed by atoms with E-state index >= 15 is 0 Å². The molecule has 0 aliphatic heterocycles. The molecular weight excluding hydrogens is 206 g/mol. The van der Waals surface area contributed by atoms with E-state index in [0.29, 0.717) is 12.1 Å². The van der Waals surface area contributed by atoms with Crippen LogP contribution in [0.5, 0.6) is 0 Å². The predicted molar refractivity (Wildman–Crippen MR) is 61.9 cm³/mol. The molecule has 1 aromatic carbocycles. The van der Waals surface area contributed by atoms with Gasteiger partial charge in [0.15, 0.2) is 0 Å². The van der Waals surface area contributed by atoms with Gasteiger partial charge in [-0.25, -0.2) is 0 Å². The van der Waals surface area contributed by atoms with E-state index in [9.17, 15) is 9.59 Å². The van der Waals surface area contributed by atoms with Crippen LogP contribution in [0.2, 0.25) is 0 Å². The second-order valence-corrected chi connectivity index (χ2v) is 3.30. The van der Waals surface area contributed by atoms with Crippen molar-refractivity contribution in [3.8, 4) is 0 Å². The third-order valence-electron chi connectivity index (χ3n) is 2.07. The number of anilines is 1. The first-order valence-electron chi connectivity index (χ1n) is 4.95. The molecule has 0 atom stereocenters. The Labute approximate surface area is 94.0 Å². The Kier molecular flexibility index (Phi) is 4.47. The number of carbonyl (C=O) groups is 2. The summed E-state index contributed by atoms with van der Waals surface area (Å²) >= 11 is 0. The highest BCUT2D eigenvalue weighted by Crippen LogP contribution is 2.09. The molecule has 0 saturated carbocycles. The lowest BCUT2D eigenvalue weighted by atomic mass is 10.1. The van der Waals surface area contributed by atoms with Gasteiger partial charge in [-0.15, -0.1) is 0 Å². The largest absolute Gasteiger partial charge is 0.359 e. The van der Waals surface area contributed by atoms with Gasteiger partial charge in [-0.05, 0) is 17.7 Å². The SMILES string of the molecule is CNC(=O)Cc1ccc(NC(=O)CN)cc1. The van der Waals surface area contributed by atoms with Gasteiger partial charge in [0.2, 0.25) is 11.8 Å². The molecule has 0 aromatic heterocycles. The second kappa shape index (κ2) is 5.87. The summed E-state index contributed by atoms with van der Waals surface area (Å²) in [5, 5.41) is 5.17. The first-order chi connectivity index (χ1) is 7.65. The minimum absolute atomic E-state index is 0.0417. The minimum atomic E-state index is -0.237. The Morgan fingerprint density at radius 3 is 2.31 bits per heavy atom. The molecule has 1 rings (SSSR count). The molecular formula is C11H15N3O2. The predicted octanol–water partition coefficient (Wildman–Crippen LogP) is -0.128. The van der Waals surface area contributed by atoms with Crippen molar-refractivity contribution in [3.05, 3.63) is 29.8 Å². The van der Waals surface area contributed by atoms with Gasteiger partial charge >= 0.3 is 0 Å². The number of hydrogen-bond acceptors (Lipinski definition) is 3. The lowest BCUT2D eigenvalue weighted by molar-refractivity contribution is -0.120. The topological polar surface area (TPSA) is 84.2 Å². The van der Waals surface area contributed by atoms with E-state index in [2.05, 4.69) is 10.6 Å². The maximum atomic E-state index is 11.1. The third kappa shape index (κ3) is 3.70. The molecule has 0 aliphatic rings. The van der Waals surface area contributed by atoms with E-state index in [4.69, 9.17) is 5.73 Å². The average molecular weight is 221 g/mol. The van der Waals surface area contributed by atoms with E-state index in [1.165, 1.54) is 0 Å². The maximum absolute atomic E-state index is 11.1. The highest BCUT2D eigenvalue weighted by molar-refractivity contribution is 5.92. The van der Waals surface area contributed by atoms with Crippen LogP contribution in [-0.4, -0.2) is 25.4 Å². The van der Waals surface area contributed by atoms with Crippen LogP contribution in [0, 0.1) is 0 Å². The summed E-state index contributed by atoms with van der Waals surface area (Å²) in [6.45, 7) is -0.0417. The molecule has 5 nitrogen and oxygen atoms in total. The molecule has 5 heteroatoms. The molecule has 0 radical (unpaired) electrons. The van der Waals surface area contributed by atoms with Gasteiger partial charge in [-0.3, -0.25) is 9.59 Å². The van der Waals surface area contributed by atoms with Crippen molar-refractivity contribution in [2.45, 2.75) is 6.42 Å². The Balaban J connectivity index is 2.60. The van der Waals surface area contributed by atoms with E-state index in [0.717, 1.165) is 5.56 Å². The molecule has 16 heavy (non-hydrogen) atoms. The summed E-state index contributed by atoms with van der Waals surface area (Å²) in [6.07, 6.45) is 0.335. The Hall–Kier alpha value is -1.88. The van der Waals surface area contributed by atoms with Crippen LogP contribution in [0.4, 0.5) is 5.69 Å². The van der Waals surface area contributed by atoms with Gasteiger partial charge < -0.3 is 16.4 Å². The van der Waals surface area contributed by atoms with Crippen LogP contribution in [0.15, 0.2) is 24.3 Å². The second-order valence-electron chi connectivity index (χ2n) is 3.30. The Bertz CT molecular complexity index is 336. The van der Waals surface area contributed by atoms with Crippen molar-refractivity contribution in [3.63, 3.8) is 0 Å². The summed E-state index contributed by atoms with van der Waals surface area (Å²) in [5.41, 5.74) is 6.74. The van der Waals surface area contributed by atoms with Crippen LogP contribution in [0.3, 0.4) is 0 Å². The molecule has 2 amide bonds. The zero-order valence-corrected chi connectivity index (χ0v) is 9.12. The maximum Gasteiger partial charge on any atom is 0.238 e. The highest BCUT2D eigenvalue weighted by Gasteiger charge is 2.02. The Morgan fingerprint density at radius 2 is 1.81 bits per heavy atom. The number of likely N-dealkylation sites (N-methyl/N-ethyl adjacent to an activating group) is 1. The normalized spacial score (nSPS) is 9.62. The van der Waals surface area contributed by atoms with Crippen molar-refractivity contribution in [2.75, 3.05) is 18.9 Å². The zero-order valence-electron chi connectivity index (χ0n) is 9.12. The van der Waals surface area contributed by atoms with Crippen LogP contribution in [0.1, 0.15) is 5.56 Å². The number of carbonyl (C=O) groups excluding carboxylic acids is 2. The van der Waals surface area contributed by atoms with Crippen LogP contribution < -0.4 is 16.4 Å². The van der Waals surface area contributed by atoms with E-state index in [-0.39, 0.29) is 18.4 Å². The molecule has 0 spiro atoms. The summed E-state index contributed by atoms with van der Waals surface area (Å²) in [4.78, 5) is 22.1. The summed E-state index contributed by atoms with van der Waals surface area (Å²) in [5.74, 6) is -0.280. The molecule has 0 aliphatic carbocycles. The van der Waals surface area contributed by atoms with Crippen LogP contribution in [-0.2, 0) is 16.0 Å². The monoisotopic (exact) mass is 221 g/mol. The fraction of sp³-hybridized carbons (Fsp3) is 0.273. The summed E-state index contributed by atoms with van der Waals surface area (Å²) < 4.78 is 0. The fourth-order valence-electron chi connectivity index (χ4n) is 1.19. The first kappa shape index (κ1) is 12.2. The van der Waals surface area contributed by atoms with E-state index in [1.807, 2.05) is 0 Å². The number of hydrogen-bond donors (Lipinski definition) is 3. The molecule has 0 unspecified atom stereocenters. The lowest BCUT2D eigenvalue weighted by Gasteiger charge is -2.05. The van der Waals surface area contributed by atoms with Gasteiger partial charge in [0.05, 0.1) is 13.0 Å². The van der Waals surface area contributed by atoms with Crippen LogP contribution in [0.25, 0.3) is 0 Å². The van der Waals surface area contributed by atoms with Crippen molar-refractivity contribution in [1.82, 2.24) is 5.32 Å². The molecule has 0 fully saturated rings. The highest BCUT2D eigenvalue weighted by atomic mass is 16.2. The number of rotatable bonds is 4. The summed E-state index contributed by atoms with van der Waals surface area (Å²) in [7, 11) is 1.60. The van der Waals surface area contributed by atoms with Gasteiger partial charge in [0, 0.05) is 12.7 Å². The smallest absolute Gasteiger partial charge is 0.238 e.